The number of carbonyl (C=O) groups is 4. The number of ether oxygens (including phenoxy) is 3. The second-order valence-corrected chi connectivity index (χ2v) is 8.27. The minimum absolute atomic E-state index is 0.132. The van der Waals surface area contributed by atoms with Crippen molar-refractivity contribution in [2.24, 2.45) is 0 Å². The van der Waals surface area contributed by atoms with Crippen LogP contribution in [0.1, 0.15) is 44.6 Å². The molecule has 2 fully saturated rings. The fraction of sp³-hybridized carbons (Fsp3) is 0.455. The van der Waals surface area contributed by atoms with Crippen molar-refractivity contribution in [1.82, 2.24) is 10.2 Å². The summed E-state index contributed by atoms with van der Waals surface area (Å²) in [6.45, 7) is 1.80. The van der Waals surface area contributed by atoms with Gasteiger partial charge in [-0.05, 0) is 59.5 Å². The fourth-order valence-corrected chi connectivity index (χ4v) is 4.35. The van der Waals surface area contributed by atoms with Crippen LogP contribution in [0.2, 0.25) is 0 Å². The molecule has 10 heteroatoms. The molecule has 0 aromatic heterocycles. The highest BCUT2D eigenvalue weighted by atomic mass is 79.9. The third-order valence-corrected chi connectivity index (χ3v) is 5.87. The first-order valence-electron chi connectivity index (χ1n) is 10.4. The quantitative estimate of drug-likeness (QED) is 0.342. The number of nitrogens with zero attached hydrogens (tertiary/aromatic N) is 1. The first-order valence-corrected chi connectivity index (χ1v) is 11.2. The average Bonchev–Trinajstić information content (AvgIpc) is 2.76. The Labute approximate surface area is 194 Å². The molecule has 9 nitrogen and oxygen atoms in total. The van der Waals surface area contributed by atoms with Gasteiger partial charge in [-0.3, -0.25) is 19.8 Å². The molecule has 0 spiro atoms. The molecule has 0 bridgehead atoms. The summed E-state index contributed by atoms with van der Waals surface area (Å²) in [4.78, 5) is 50.5. The predicted octanol–water partition coefficient (Wildman–Crippen LogP) is 3.19. The van der Waals surface area contributed by atoms with E-state index in [1.165, 1.54) is 18.1 Å². The van der Waals surface area contributed by atoms with Gasteiger partial charge < -0.3 is 14.2 Å². The van der Waals surface area contributed by atoms with Crippen LogP contribution in [0.5, 0.6) is 11.5 Å². The zero-order valence-electron chi connectivity index (χ0n) is 17.9. The van der Waals surface area contributed by atoms with Crippen LogP contribution in [0.25, 0.3) is 6.08 Å². The van der Waals surface area contributed by atoms with E-state index >= 15 is 0 Å². The fourth-order valence-electron chi connectivity index (χ4n) is 3.77. The Morgan fingerprint density at radius 2 is 1.91 bits per heavy atom. The number of imide groups is 2. The molecular weight excluding hydrogens is 484 g/mol. The minimum Gasteiger partial charge on any atom is -0.490 e. The van der Waals surface area contributed by atoms with Gasteiger partial charge in [0.1, 0.15) is 5.57 Å². The summed E-state index contributed by atoms with van der Waals surface area (Å²) >= 11 is 3.38. The highest BCUT2D eigenvalue weighted by Crippen LogP contribution is 2.38. The maximum absolute atomic E-state index is 13.1. The molecule has 0 unspecified atom stereocenters. The van der Waals surface area contributed by atoms with Gasteiger partial charge in [-0.25, -0.2) is 9.59 Å². The van der Waals surface area contributed by atoms with Gasteiger partial charge >= 0.3 is 12.0 Å². The van der Waals surface area contributed by atoms with Crippen LogP contribution < -0.4 is 14.8 Å². The predicted molar refractivity (Wildman–Crippen MR) is 118 cm³/mol. The molecule has 1 N–H and O–H groups in total. The Hall–Kier alpha value is -2.88. The Morgan fingerprint density at radius 1 is 1.19 bits per heavy atom. The number of methoxy groups -OCH3 is 1. The number of amides is 4. The van der Waals surface area contributed by atoms with Crippen molar-refractivity contribution in [2.45, 2.75) is 45.1 Å². The van der Waals surface area contributed by atoms with Gasteiger partial charge in [0.05, 0.1) is 18.2 Å². The van der Waals surface area contributed by atoms with E-state index in [0.29, 0.717) is 22.4 Å². The number of esters is 1. The average molecular weight is 509 g/mol. The van der Waals surface area contributed by atoms with E-state index in [9.17, 15) is 19.2 Å². The third kappa shape index (κ3) is 5.29. The Morgan fingerprint density at radius 3 is 2.56 bits per heavy atom. The minimum atomic E-state index is -0.743. The molecule has 4 amide bonds. The van der Waals surface area contributed by atoms with Gasteiger partial charge in [-0.2, -0.15) is 0 Å². The summed E-state index contributed by atoms with van der Waals surface area (Å²) in [6.07, 6.45) is 5.82. The van der Waals surface area contributed by atoms with Gasteiger partial charge in [0, 0.05) is 6.04 Å². The second kappa shape index (κ2) is 10.6. The Balaban J connectivity index is 1.92. The van der Waals surface area contributed by atoms with Crippen LogP contribution in [0, 0.1) is 0 Å². The van der Waals surface area contributed by atoms with Crippen molar-refractivity contribution in [3.05, 3.63) is 27.7 Å². The number of nitrogens with one attached hydrogen (secondary N) is 1. The lowest BCUT2D eigenvalue weighted by Crippen LogP contribution is -2.58. The number of carbonyl (C=O) groups excluding carboxylic acids is 4. The first kappa shape index (κ1) is 23.8. The van der Waals surface area contributed by atoms with E-state index in [1.54, 1.807) is 19.1 Å². The number of hydrogen-bond acceptors (Lipinski definition) is 7. The summed E-state index contributed by atoms with van der Waals surface area (Å²) in [5, 5.41) is 2.27. The maximum atomic E-state index is 13.1. The van der Waals surface area contributed by atoms with Crippen molar-refractivity contribution >= 4 is 45.8 Å². The maximum Gasteiger partial charge on any atom is 0.343 e. The summed E-state index contributed by atoms with van der Waals surface area (Å²) in [6, 6.07) is 2.33. The molecule has 1 saturated carbocycles. The SMILES string of the molecule is CCOc1cc(C=C2C(=O)NC(=O)N(C3CCCCC3)C2=O)cc(Br)c1OCC(=O)OC. The number of urea groups is 1. The van der Waals surface area contributed by atoms with E-state index < -0.39 is 23.8 Å². The zero-order valence-corrected chi connectivity index (χ0v) is 19.5. The number of benzene rings is 1. The molecule has 1 aliphatic carbocycles. The lowest BCUT2D eigenvalue weighted by atomic mass is 9.93. The van der Waals surface area contributed by atoms with Crippen molar-refractivity contribution in [2.75, 3.05) is 20.3 Å². The zero-order chi connectivity index (χ0) is 23.3. The van der Waals surface area contributed by atoms with Gasteiger partial charge in [0.15, 0.2) is 18.1 Å². The highest BCUT2D eigenvalue weighted by Gasteiger charge is 2.40. The molecule has 1 aliphatic heterocycles. The van der Waals surface area contributed by atoms with Crippen molar-refractivity contribution < 1.29 is 33.4 Å². The molecule has 1 aromatic carbocycles. The molecule has 32 heavy (non-hydrogen) atoms. The van der Waals surface area contributed by atoms with Crippen molar-refractivity contribution in [3.63, 3.8) is 0 Å². The summed E-state index contributed by atoms with van der Waals surface area (Å²) in [5.41, 5.74) is 0.356. The topological polar surface area (TPSA) is 111 Å². The lowest BCUT2D eigenvalue weighted by Gasteiger charge is -2.35. The van der Waals surface area contributed by atoms with Gasteiger partial charge in [0.2, 0.25) is 0 Å². The largest absolute Gasteiger partial charge is 0.490 e. The van der Waals surface area contributed by atoms with Crippen LogP contribution in [0.4, 0.5) is 4.79 Å². The normalized spacial score (nSPS) is 18.5. The van der Waals surface area contributed by atoms with Crippen molar-refractivity contribution in [1.29, 1.82) is 0 Å². The Kier molecular flexibility index (Phi) is 7.89. The van der Waals surface area contributed by atoms with E-state index in [1.807, 2.05) is 0 Å². The molecule has 1 saturated heterocycles. The first-order chi connectivity index (χ1) is 15.3. The lowest BCUT2D eigenvalue weighted by molar-refractivity contribution is -0.143. The molecule has 0 atom stereocenters. The van der Waals surface area contributed by atoms with Crippen LogP contribution in [0.15, 0.2) is 22.2 Å². The van der Waals surface area contributed by atoms with Crippen LogP contribution >= 0.6 is 15.9 Å². The summed E-state index contributed by atoms with van der Waals surface area (Å²) in [5.74, 6) is -1.29. The number of halogens is 1. The molecule has 3 rings (SSSR count). The van der Waals surface area contributed by atoms with E-state index in [-0.39, 0.29) is 24.0 Å². The van der Waals surface area contributed by atoms with Crippen LogP contribution in [0.3, 0.4) is 0 Å². The van der Waals surface area contributed by atoms with Gasteiger partial charge in [-0.15, -0.1) is 0 Å². The van der Waals surface area contributed by atoms with E-state index in [2.05, 4.69) is 26.0 Å². The monoisotopic (exact) mass is 508 g/mol. The molecule has 1 aromatic rings. The Bertz CT molecular complexity index is 954. The molecule has 172 valence electrons. The standard InChI is InChI=1S/C22H25BrN2O7/c1-3-31-17-11-13(10-16(23)19(17)32-12-18(26)30-2)9-15-20(27)24-22(29)25(21(15)28)14-7-5-4-6-8-14/h9-11,14H,3-8,12H2,1-2H3,(H,24,27,29). The third-order valence-electron chi connectivity index (χ3n) is 5.28. The van der Waals surface area contributed by atoms with Crippen molar-refractivity contribution in [3.8, 4) is 11.5 Å². The van der Waals surface area contributed by atoms with Gasteiger partial charge in [0.25, 0.3) is 11.8 Å². The molecule has 0 radical (unpaired) electrons. The summed E-state index contributed by atoms with van der Waals surface area (Å²) < 4.78 is 16.2. The summed E-state index contributed by atoms with van der Waals surface area (Å²) in [7, 11) is 1.26. The van der Waals surface area contributed by atoms with E-state index in [4.69, 9.17) is 9.47 Å². The number of hydrogen-bond donors (Lipinski definition) is 1. The number of barbiturate groups is 1. The van der Waals surface area contributed by atoms with Crippen LogP contribution in [-0.4, -0.2) is 55.1 Å². The van der Waals surface area contributed by atoms with Gasteiger partial charge in [-0.1, -0.05) is 19.3 Å². The van der Waals surface area contributed by atoms with E-state index in [0.717, 1.165) is 32.1 Å². The molecular formula is C22H25BrN2O7. The highest BCUT2D eigenvalue weighted by molar-refractivity contribution is 9.10. The molecule has 1 heterocycles. The molecule has 2 aliphatic rings. The second-order valence-electron chi connectivity index (χ2n) is 7.41. The number of rotatable bonds is 7. The smallest absolute Gasteiger partial charge is 0.343 e. The van der Waals surface area contributed by atoms with Crippen LogP contribution in [-0.2, 0) is 19.1 Å².